The van der Waals surface area contributed by atoms with E-state index < -0.39 is 9.84 Å². The van der Waals surface area contributed by atoms with Crippen LogP contribution in [0.1, 0.15) is 19.8 Å². The number of piperidine rings is 1. The van der Waals surface area contributed by atoms with Crippen molar-refractivity contribution in [2.75, 3.05) is 54.1 Å². The molecule has 0 aromatic carbocycles. The van der Waals surface area contributed by atoms with Crippen LogP contribution >= 0.6 is 0 Å². The molecule has 1 aromatic rings. The summed E-state index contributed by atoms with van der Waals surface area (Å²) >= 11 is 0. The Hall–Kier alpha value is -1.45. The van der Waals surface area contributed by atoms with Crippen molar-refractivity contribution in [2.24, 2.45) is 0 Å². The molecule has 3 saturated heterocycles. The molecule has 3 aliphatic heterocycles. The Labute approximate surface area is 154 Å². The summed E-state index contributed by atoms with van der Waals surface area (Å²) in [7, 11) is -2.98. The molecular formula is C17H27N5O3S. The number of rotatable bonds is 4. The van der Waals surface area contributed by atoms with E-state index >= 15 is 0 Å². The van der Waals surface area contributed by atoms with Crippen molar-refractivity contribution >= 4 is 21.6 Å². The van der Waals surface area contributed by atoms with Gasteiger partial charge >= 0.3 is 0 Å². The van der Waals surface area contributed by atoms with Gasteiger partial charge in [0.1, 0.15) is 5.82 Å². The molecule has 1 N–H and O–H groups in total. The quantitative estimate of drug-likeness (QED) is 0.783. The van der Waals surface area contributed by atoms with Crippen LogP contribution in [0.3, 0.4) is 0 Å². The number of hydrogen-bond donors (Lipinski definition) is 1. The molecule has 2 atom stereocenters. The molecule has 1 aromatic heterocycles. The third-order valence-electron chi connectivity index (χ3n) is 5.53. The molecule has 0 unspecified atom stereocenters. The van der Waals surface area contributed by atoms with Crippen LogP contribution in [0.25, 0.3) is 0 Å². The van der Waals surface area contributed by atoms with Crippen molar-refractivity contribution in [2.45, 2.75) is 38.0 Å². The van der Waals surface area contributed by atoms with Crippen molar-refractivity contribution in [1.82, 2.24) is 15.3 Å². The van der Waals surface area contributed by atoms with Crippen molar-refractivity contribution in [3.8, 4) is 0 Å². The highest BCUT2D eigenvalue weighted by Gasteiger charge is 2.43. The number of sulfone groups is 1. The summed E-state index contributed by atoms with van der Waals surface area (Å²) in [5, 5.41) is 3.34. The largest absolute Gasteiger partial charge is 0.378 e. The predicted octanol–water partition coefficient (Wildman–Crippen LogP) is 0.0571. The highest BCUT2D eigenvalue weighted by Crippen LogP contribution is 2.27. The molecule has 4 rings (SSSR count). The molecule has 26 heavy (non-hydrogen) atoms. The van der Waals surface area contributed by atoms with Crippen LogP contribution in [0.4, 0.5) is 11.8 Å². The van der Waals surface area contributed by atoms with Crippen LogP contribution in [0.2, 0.25) is 0 Å². The normalized spacial score (nSPS) is 29.0. The molecule has 9 heteroatoms. The van der Waals surface area contributed by atoms with E-state index in [2.05, 4.69) is 20.1 Å². The molecule has 3 aliphatic rings. The highest BCUT2D eigenvalue weighted by molar-refractivity contribution is 7.91. The number of aromatic nitrogens is 2. The Kier molecular flexibility index (Phi) is 5.02. The second-order valence-corrected chi connectivity index (χ2v) is 9.41. The monoisotopic (exact) mass is 381 g/mol. The Morgan fingerprint density at radius 1 is 1.27 bits per heavy atom. The Morgan fingerprint density at radius 3 is 2.85 bits per heavy atom. The van der Waals surface area contributed by atoms with Gasteiger partial charge in [0.25, 0.3) is 0 Å². The molecule has 0 aliphatic carbocycles. The zero-order valence-corrected chi connectivity index (χ0v) is 16.0. The third kappa shape index (κ3) is 3.65. The van der Waals surface area contributed by atoms with Crippen LogP contribution in [-0.4, -0.2) is 80.9 Å². The molecule has 0 bridgehead atoms. The molecule has 0 amide bonds. The molecule has 0 spiro atoms. The molecule has 0 radical (unpaired) electrons. The van der Waals surface area contributed by atoms with Crippen molar-refractivity contribution < 1.29 is 13.2 Å². The molecular weight excluding hydrogens is 354 g/mol. The van der Waals surface area contributed by atoms with Gasteiger partial charge in [-0.2, -0.15) is 4.98 Å². The minimum Gasteiger partial charge on any atom is -0.378 e. The van der Waals surface area contributed by atoms with Gasteiger partial charge in [0, 0.05) is 45.0 Å². The number of piperazine rings is 1. The zero-order chi connectivity index (χ0) is 18.1. The minimum atomic E-state index is -2.98. The number of hydrogen-bond acceptors (Lipinski definition) is 8. The Bertz CT molecular complexity index is 736. The summed E-state index contributed by atoms with van der Waals surface area (Å²) < 4.78 is 29.8. The average Bonchev–Trinajstić information content (AvgIpc) is 2.96. The summed E-state index contributed by atoms with van der Waals surface area (Å²) in [6, 6.07) is 1.85. The van der Waals surface area contributed by atoms with Gasteiger partial charge in [0.05, 0.1) is 23.7 Å². The molecule has 8 nitrogen and oxygen atoms in total. The van der Waals surface area contributed by atoms with Crippen molar-refractivity contribution in [3.05, 3.63) is 12.3 Å². The van der Waals surface area contributed by atoms with Crippen LogP contribution in [0, 0.1) is 0 Å². The SMILES string of the molecule is CCOC1CCN(c2nccc(N3CCN[C@H]4CS(=O)(=O)C[C@H]43)n2)CC1. The lowest BCUT2D eigenvalue weighted by atomic mass is 10.1. The van der Waals surface area contributed by atoms with Crippen molar-refractivity contribution in [1.29, 1.82) is 0 Å². The minimum absolute atomic E-state index is 0.00546. The maximum Gasteiger partial charge on any atom is 0.227 e. The Balaban J connectivity index is 1.49. The first kappa shape index (κ1) is 17.9. The molecule has 4 heterocycles. The van der Waals surface area contributed by atoms with Crippen molar-refractivity contribution in [3.63, 3.8) is 0 Å². The van der Waals surface area contributed by atoms with Crippen LogP contribution in [0.5, 0.6) is 0 Å². The first-order chi connectivity index (χ1) is 12.6. The van der Waals surface area contributed by atoms with Gasteiger partial charge in [-0.1, -0.05) is 0 Å². The fourth-order valence-electron chi connectivity index (χ4n) is 4.26. The maximum absolute atomic E-state index is 12.1. The standard InChI is InChI=1S/C17H27N5O3S/c1-2-25-13-4-8-21(9-5-13)17-19-6-3-16(20-17)22-10-7-18-14-11-26(23,24)12-15(14)22/h3,6,13-15,18H,2,4-5,7-12H2,1H3/t14-,15+/m0/s1. The summed E-state index contributed by atoms with van der Waals surface area (Å²) in [6.45, 7) is 6.09. The van der Waals surface area contributed by atoms with Crippen LogP contribution < -0.4 is 15.1 Å². The number of ether oxygens (including phenoxy) is 1. The highest BCUT2D eigenvalue weighted by atomic mass is 32.2. The van der Waals surface area contributed by atoms with Gasteiger partial charge in [-0.3, -0.25) is 0 Å². The lowest BCUT2D eigenvalue weighted by Crippen LogP contribution is -2.57. The van der Waals surface area contributed by atoms with Gasteiger partial charge in [0.15, 0.2) is 9.84 Å². The lowest BCUT2D eigenvalue weighted by molar-refractivity contribution is 0.0457. The number of anilines is 2. The first-order valence-corrected chi connectivity index (χ1v) is 11.3. The van der Waals surface area contributed by atoms with E-state index in [0.717, 1.165) is 57.4 Å². The van der Waals surface area contributed by atoms with E-state index in [0.29, 0.717) is 6.10 Å². The number of nitrogens with zero attached hydrogens (tertiary/aromatic N) is 4. The van der Waals surface area contributed by atoms with E-state index in [9.17, 15) is 8.42 Å². The molecule has 3 fully saturated rings. The Morgan fingerprint density at radius 2 is 2.08 bits per heavy atom. The average molecular weight is 382 g/mol. The molecule has 0 saturated carbocycles. The van der Waals surface area contributed by atoms with Gasteiger partial charge in [-0.05, 0) is 25.8 Å². The third-order valence-corrected chi connectivity index (χ3v) is 7.25. The second kappa shape index (κ2) is 7.28. The van der Waals surface area contributed by atoms with E-state index in [1.165, 1.54) is 0 Å². The summed E-state index contributed by atoms with van der Waals surface area (Å²) in [4.78, 5) is 13.6. The van der Waals surface area contributed by atoms with Crippen LogP contribution in [0.15, 0.2) is 12.3 Å². The smallest absolute Gasteiger partial charge is 0.227 e. The van der Waals surface area contributed by atoms with E-state index in [4.69, 9.17) is 9.72 Å². The van der Waals surface area contributed by atoms with Gasteiger partial charge in [0.2, 0.25) is 5.95 Å². The number of nitrogens with one attached hydrogen (secondary N) is 1. The first-order valence-electron chi connectivity index (χ1n) is 9.46. The summed E-state index contributed by atoms with van der Waals surface area (Å²) in [6.07, 6.45) is 4.08. The van der Waals surface area contributed by atoms with E-state index in [1.54, 1.807) is 6.20 Å². The van der Waals surface area contributed by atoms with Gasteiger partial charge in [-0.15, -0.1) is 0 Å². The van der Waals surface area contributed by atoms with Gasteiger partial charge < -0.3 is 19.9 Å². The summed E-state index contributed by atoms with van der Waals surface area (Å²) in [5.41, 5.74) is 0. The summed E-state index contributed by atoms with van der Waals surface area (Å²) in [5.74, 6) is 1.98. The van der Waals surface area contributed by atoms with Gasteiger partial charge in [-0.25, -0.2) is 13.4 Å². The van der Waals surface area contributed by atoms with Crippen LogP contribution in [-0.2, 0) is 14.6 Å². The van der Waals surface area contributed by atoms with E-state index in [-0.39, 0.29) is 23.6 Å². The number of fused-ring (bicyclic) bond motifs is 1. The zero-order valence-electron chi connectivity index (χ0n) is 15.2. The topological polar surface area (TPSA) is 87.7 Å². The fourth-order valence-corrected chi connectivity index (χ4v) is 6.22. The fraction of sp³-hybridized carbons (Fsp3) is 0.765. The predicted molar refractivity (Wildman–Crippen MR) is 100 cm³/mol. The lowest BCUT2D eigenvalue weighted by Gasteiger charge is -2.38. The maximum atomic E-state index is 12.1. The second-order valence-electron chi connectivity index (χ2n) is 7.25. The van der Waals surface area contributed by atoms with E-state index in [1.807, 2.05) is 13.0 Å². The molecule has 144 valence electrons.